The summed E-state index contributed by atoms with van der Waals surface area (Å²) < 4.78 is 5.32. The molecule has 1 N–H and O–H groups in total. The summed E-state index contributed by atoms with van der Waals surface area (Å²) >= 11 is 0. The molecule has 0 spiro atoms. The van der Waals surface area contributed by atoms with Crippen LogP contribution in [0.25, 0.3) is 11.5 Å². The van der Waals surface area contributed by atoms with E-state index in [1.165, 1.54) is 0 Å². The first-order valence-corrected chi connectivity index (χ1v) is 6.13. The summed E-state index contributed by atoms with van der Waals surface area (Å²) in [6, 6.07) is 9.55. The van der Waals surface area contributed by atoms with Crippen molar-refractivity contribution in [3.63, 3.8) is 0 Å². The lowest BCUT2D eigenvalue weighted by Gasteiger charge is -2.08. The Kier molecular flexibility index (Phi) is 2.84. The van der Waals surface area contributed by atoms with Gasteiger partial charge in [-0.3, -0.25) is 4.99 Å². The molecule has 92 valence electrons. The molecule has 18 heavy (non-hydrogen) atoms. The van der Waals surface area contributed by atoms with Gasteiger partial charge in [-0.1, -0.05) is 18.2 Å². The minimum Gasteiger partial charge on any atom is -0.479 e. The van der Waals surface area contributed by atoms with E-state index in [1.807, 2.05) is 30.3 Å². The van der Waals surface area contributed by atoms with E-state index in [1.54, 1.807) is 0 Å². The largest absolute Gasteiger partial charge is 0.479 e. The summed E-state index contributed by atoms with van der Waals surface area (Å²) in [6.07, 6.45) is 3.05. The smallest absolute Gasteiger partial charge is 0.312 e. The summed E-state index contributed by atoms with van der Waals surface area (Å²) in [5.74, 6) is 0.311. The summed E-state index contributed by atoms with van der Waals surface area (Å²) in [5.41, 5.74) is 2.20. The lowest BCUT2D eigenvalue weighted by molar-refractivity contribution is 0.336. The van der Waals surface area contributed by atoms with Gasteiger partial charge >= 0.3 is 5.95 Å². The number of oxazole rings is 1. The van der Waals surface area contributed by atoms with Crippen molar-refractivity contribution in [1.82, 2.24) is 4.98 Å². The van der Waals surface area contributed by atoms with Crippen molar-refractivity contribution in [2.45, 2.75) is 19.3 Å². The predicted octanol–water partition coefficient (Wildman–Crippen LogP) is 3.02. The second-order valence-electron chi connectivity index (χ2n) is 4.32. The Morgan fingerprint density at radius 1 is 1.11 bits per heavy atom. The van der Waals surface area contributed by atoms with E-state index in [9.17, 15) is 5.11 Å². The zero-order valence-electron chi connectivity index (χ0n) is 9.97. The molecule has 4 heteroatoms. The second kappa shape index (κ2) is 4.64. The fourth-order valence-electron chi connectivity index (χ4n) is 2.09. The van der Waals surface area contributed by atoms with Gasteiger partial charge in [0.15, 0.2) is 5.69 Å². The maximum absolute atomic E-state index is 9.83. The van der Waals surface area contributed by atoms with Crippen LogP contribution in [-0.4, -0.2) is 22.3 Å². The Balaban J connectivity index is 1.98. The highest BCUT2D eigenvalue weighted by atomic mass is 16.5. The molecule has 0 aliphatic carbocycles. The molecular weight excluding hydrogens is 228 g/mol. The Morgan fingerprint density at radius 2 is 1.94 bits per heavy atom. The Labute approximate surface area is 105 Å². The minimum atomic E-state index is -0.130. The highest BCUT2D eigenvalue weighted by Crippen LogP contribution is 2.28. The first kappa shape index (κ1) is 11.0. The van der Waals surface area contributed by atoms with E-state index in [4.69, 9.17) is 4.42 Å². The Morgan fingerprint density at radius 3 is 2.67 bits per heavy atom. The summed E-state index contributed by atoms with van der Waals surface area (Å²) in [4.78, 5) is 8.76. The van der Waals surface area contributed by atoms with Crippen molar-refractivity contribution in [3.8, 4) is 17.4 Å². The van der Waals surface area contributed by atoms with Crippen LogP contribution in [0.15, 0.2) is 39.7 Å². The third-order valence-corrected chi connectivity index (χ3v) is 3.03. The number of hydrogen-bond acceptors (Lipinski definition) is 4. The molecule has 2 aromatic rings. The number of rotatable bonds is 2. The SMILES string of the molecule is Oc1oc(-c2ccccc2)nc1C1=NCCCC1. The molecular formula is C14H14N2O2. The van der Waals surface area contributed by atoms with Gasteiger partial charge in [0.25, 0.3) is 0 Å². The molecule has 0 atom stereocenters. The predicted molar refractivity (Wildman–Crippen MR) is 68.9 cm³/mol. The van der Waals surface area contributed by atoms with Crippen molar-refractivity contribution >= 4 is 5.71 Å². The third-order valence-electron chi connectivity index (χ3n) is 3.03. The van der Waals surface area contributed by atoms with Crippen molar-refractivity contribution in [3.05, 3.63) is 36.0 Å². The molecule has 0 saturated heterocycles. The zero-order chi connectivity index (χ0) is 12.4. The number of aromatic nitrogens is 1. The van der Waals surface area contributed by atoms with Crippen LogP contribution < -0.4 is 0 Å². The molecule has 0 saturated carbocycles. The van der Waals surface area contributed by atoms with Crippen LogP contribution in [0.1, 0.15) is 25.0 Å². The first-order valence-electron chi connectivity index (χ1n) is 6.13. The average molecular weight is 242 g/mol. The molecule has 0 radical (unpaired) electrons. The van der Waals surface area contributed by atoms with E-state index in [2.05, 4.69) is 9.98 Å². The number of aromatic hydroxyl groups is 1. The van der Waals surface area contributed by atoms with Gasteiger partial charge in [0, 0.05) is 12.1 Å². The fraction of sp³-hybridized carbons (Fsp3) is 0.286. The molecule has 0 unspecified atom stereocenters. The Bertz CT molecular complexity index is 573. The summed E-state index contributed by atoms with van der Waals surface area (Å²) in [5, 5.41) is 9.83. The normalized spacial score (nSPS) is 15.4. The molecule has 0 bridgehead atoms. The maximum atomic E-state index is 9.83. The van der Waals surface area contributed by atoms with Gasteiger partial charge in [0.1, 0.15) is 0 Å². The average Bonchev–Trinajstić information content (AvgIpc) is 2.83. The van der Waals surface area contributed by atoms with Gasteiger partial charge in [-0.15, -0.1) is 0 Å². The lowest BCUT2D eigenvalue weighted by atomic mass is 10.1. The highest BCUT2D eigenvalue weighted by molar-refractivity contribution is 6.01. The van der Waals surface area contributed by atoms with Crippen LogP contribution in [0.4, 0.5) is 0 Å². The monoisotopic (exact) mass is 242 g/mol. The molecule has 1 aromatic heterocycles. The molecule has 0 fully saturated rings. The van der Waals surface area contributed by atoms with Crippen LogP contribution in [0.2, 0.25) is 0 Å². The number of hydrogen-bond donors (Lipinski definition) is 1. The van der Waals surface area contributed by atoms with Crippen LogP contribution in [0, 0.1) is 0 Å². The van der Waals surface area contributed by atoms with E-state index in [0.717, 1.165) is 37.1 Å². The van der Waals surface area contributed by atoms with E-state index in [0.29, 0.717) is 11.6 Å². The Hall–Kier alpha value is -2.10. The topological polar surface area (TPSA) is 58.6 Å². The van der Waals surface area contributed by atoms with Crippen molar-refractivity contribution in [1.29, 1.82) is 0 Å². The number of aliphatic imine (C=N–C) groups is 1. The minimum absolute atomic E-state index is 0.130. The zero-order valence-corrected chi connectivity index (χ0v) is 9.97. The standard InChI is InChI=1S/C14H14N2O2/c17-14-12(11-8-4-5-9-15-11)16-13(18-14)10-6-2-1-3-7-10/h1-3,6-7,17H,4-5,8-9H2. The van der Waals surface area contributed by atoms with Gasteiger partial charge in [-0.05, 0) is 31.4 Å². The molecule has 0 amide bonds. The first-order chi connectivity index (χ1) is 8.84. The maximum Gasteiger partial charge on any atom is 0.312 e. The van der Waals surface area contributed by atoms with E-state index in [-0.39, 0.29) is 5.95 Å². The van der Waals surface area contributed by atoms with Gasteiger partial charge in [0.05, 0.1) is 5.71 Å². The molecule has 2 heterocycles. The van der Waals surface area contributed by atoms with Crippen molar-refractivity contribution in [2.24, 2.45) is 4.99 Å². The third kappa shape index (κ3) is 2.01. The fourth-order valence-corrected chi connectivity index (χ4v) is 2.09. The highest BCUT2D eigenvalue weighted by Gasteiger charge is 2.19. The quantitative estimate of drug-likeness (QED) is 0.880. The summed E-state index contributed by atoms with van der Waals surface area (Å²) in [6.45, 7) is 0.808. The number of benzene rings is 1. The van der Waals surface area contributed by atoms with Crippen LogP contribution in [0.3, 0.4) is 0 Å². The summed E-state index contributed by atoms with van der Waals surface area (Å²) in [7, 11) is 0. The lowest BCUT2D eigenvalue weighted by Crippen LogP contribution is -2.08. The second-order valence-corrected chi connectivity index (χ2v) is 4.32. The van der Waals surface area contributed by atoms with Gasteiger partial charge in [0.2, 0.25) is 5.89 Å². The van der Waals surface area contributed by atoms with Gasteiger partial charge in [-0.2, -0.15) is 0 Å². The van der Waals surface area contributed by atoms with Crippen molar-refractivity contribution < 1.29 is 9.52 Å². The molecule has 1 aliphatic heterocycles. The van der Waals surface area contributed by atoms with Crippen LogP contribution >= 0.6 is 0 Å². The van der Waals surface area contributed by atoms with Gasteiger partial charge in [-0.25, -0.2) is 4.98 Å². The van der Waals surface area contributed by atoms with Gasteiger partial charge < -0.3 is 9.52 Å². The molecule has 1 aliphatic rings. The van der Waals surface area contributed by atoms with Crippen LogP contribution in [0.5, 0.6) is 5.95 Å². The van der Waals surface area contributed by atoms with Crippen molar-refractivity contribution in [2.75, 3.05) is 6.54 Å². The van der Waals surface area contributed by atoms with E-state index >= 15 is 0 Å². The van der Waals surface area contributed by atoms with Crippen LogP contribution in [-0.2, 0) is 0 Å². The number of nitrogens with zero attached hydrogens (tertiary/aromatic N) is 2. The molecule has 1 aromatic carbocycles. The molecule has 4 nitrogen and oxygen atoms in total. The van der Waals surface area contributed by atoms with E-state index < -0.39 is 0 Å². The molecule has 3 rings (SSSR count).